The van der Waals surface area contributed by atoms with Crippen molar-refractivity contribution in [3.05, 3.63) is 29.8 Å². The van der Waals surface area contributed by atoms with Crippen LogP contribution in [0.4, 0.5) is 5.69 Å². The van der Waals surface area contributed by atoms with Gasteiger partial charge in [0.05, 0.1) is 64.4 Å². The normalized spacial score (nSPS) is 23.2. The van der Waals surface area contributed by atoms with E-state index >= 15 is 0 Å². The summed E-state index contributed by atoms with van der Waals surface area (Å²) in [5, 5.41) is 69.0. The fraction of sp³-hybridized carbons (Fsp3) is 0.510. The first-order chi connectivity index (χ1) is 40.6. The van der Waals surface area contributed by atoms with Crippen molar-refractivity contribution in [1.82, 2.24) is 58.1 Å². The number of nitrogens with one attached hydrogen (secondary N) is 10. The number of anilines is 1. The number of ketones is 1. The van der Waals surface area contributed by atoms with Crippen molar-refractivity contribution in [3.63, 3.8) is 0 Å². The van der Waals surface area contributed by atoms with E-state index in [0.29, 0.717) is 4.90 Å². The fourth-order valence-electron chi connectivity index (χ4n) is 7.73. The molecule has 2 rings (SSSR count). The molecule has 1 aromatic carbocycles. The molecule has 1 aromatic rings. The number of rotatable bonds is 19. The number of hydrogen-bond acceptors (Lipinski definition) is 22. The molecule has 38 heteroatoms. The Morgan fingerprint density at radius 2 is 1.17 bits per heavy atom. The van der Waals surface area contributed by atoms with Gasteiger partial charge in [-0.1, -0.05) is 19.1 Å². The summed E-state index contributed by atoms with van der Waals surface area (Å²) in [4.78, 5) is 236. The number of aliphatic hydroxyl groups is 1. The minimum Gasteiger partial charge on any atom is -0.481 e. The van der Waals surface area contributed by atoms with Gasteiger partial charge in [0.15, 0.2) is 5.78 Å². The van der Waals surface area contributed by atoms with Crippen molar-refractivity contribution in [2.45, 2.75) is 120 Å². The minimum atomic E-state index is -2.31. The van der Waals surface area contributed by atoms with E-state index in [1.807, 2.05) is 42.5 Å². The second kappa shape index (κ2) is 34.4. The van der Waals surface area contributed by atoms with E-state index in [9.17, 15) is 112 Å². The number of benzene rings is 1. The SMILES string of the molecule is CC(CC(=O)O)C1NC(=O)C(CO)NC(=O)CNC(=O)C(CC(=O)O)NC(=O)C(C)N(C)C(=O)C(CC(=O)O)NC(=O)CNC(=O)CNC(=O)C(NC(=O)C(CC(=O)O)NC(=O)C(N)CC(N)=O)C(C)OC(=O)C(CC(=O)c2ccccc2N)NC1=O. The largest absolute Gasteiger partial charge is 0.481 e. The molecule has 1 saturated heterocycles. The quantitative estimate of drug-likeness (QED) is 0.0347. The predicted molar refractivity (Wildman–Crippen MR) is 287 cm³/mol. The van der Waals surface area contributed by atoms with Crippen LogP contribution in [0.5, 0.6) is 0 Å². The molecule has 0 saturated carbocycles. The Morgan fingerprint density at radius 1 is 0.632 bits per heavy atom. The maximum absolute atomic E-state index is 14.3. The van der Waals surface area contributed by atoms with E-state index < -0.39 is 238 Å². The number of nitrogens with two attached hydrogens (primary N) is 3. The summed E-state index contributed by atoms with van der Waals surface area (Å²) in [5.74, 6) is -26.9. The van der Waals surface area contributed by atoms with E-state index in [1.165, 1.54) is 24.3 Å². The molecule has 0 radical (unpaired) electrons. The van der Waals surface area contributed by atoms with Gasteiger partial charge in [0, 0.05) is 24.7 Å². The summed E-state index contributed by atoms with van der Waals surface area (Å²) in [7, 11) is 0.943. The minimum absolute atomic E-state index is 0.162. The number of primary amides is 1. The molecule has 0 bridgehead atoms. The number of carbonyl (C=O) groups is 18. The van der Waals surface area contributed by atoms with Crippen LogP contribution in [0, 0.1) is 5.92 Å². The van der Waals surface area contributed by atoms with E-state index in [4.69, 9.17) is 21.9 Å². The molecule has 1 aliphatic heterocycles. The first-order valence-corrected chi connectivity index (χ1v) is 25.9. The van der Waals surface area contributed by atoms with Crippen LogP contribution in [0.25, 0.3) is 0 Å². The van der Waals surface area contributed by atoms with Crippen molar-refractivity contribution >= 4 is 112 Å². The van der Waals surface area contributed by atoms with Gasteiger partial charge >= 0.3 is 29.8 Å². The molecule has 21 N–H and O–H groups in total. The van der Waals surface area contributed by atoms with Crippen LogP contribution in [-0.2, 0) is 86.2 Å². The number of Topliss-reactive ketones (excluding diaryl/α,β-unsaturated/α-hetero) is 1. The molecule has 0 spiro atoms. The zero-order valence-electron chi connectivity index (χ0n) is 46.9. The number of aliphatic carboxylic acids is 4. The number of carboxylic acid groups (broad SMARTS) is 4. The number of nitrogens with zero attached hydrogens (tertiary/aromatic N) is 1. The second-order valence-corrected chi connectivity index (χ2v) is 19.4. The zero-order valence-corrected chi connectivity index (χ0v) is 46.9. The topological polar surface area (TPSA) is 619 Å². The number of cyclic esters (lactones) is 1. The summed E-state index contributed by atoms with van der Waals surface area (Å²) in [5.41, 5.74) is 16.3. The van der Waals surface area contributed by atoms with Gasteiger partial charge in [-0.2, -0.15) is 0 Å². The van der Waals surface area contributed by atoms with Gasteiger partial charge in [-0.05, 0) is 31.9 Å². The molecule has 12 amide bonds. The number of esters is 1. The molecule has 0 aromatic heterocycles. The molecule has 11 unspecified atom stereocenters. The standard InChI is InChI=1S/C49H68N14O24/c1-19(9-35(70)71)39-47(84)60-28(11-30(65)22-7-5-6-8-23(22)50)49(86)87-21(3)40(62-44(81)26(13-37(74)75)59-42(79)24(51)10-31(52)66)46(83)55-15-32(67)53-16-33(68)56-27(14-38(76)77)48(85)63(4)20(2)41(78)58-25(12-36(72)73)43(80)54-17-34(69)57-29(18-64)45(82)61-39/h5-8,19-21,24-29,39-40,64H,9-18,50-51H2,1-4H3,(H2,52,66)(H,53,67)(H,54,80)(H,55,83)(H,56,68)(H,57,69)(H,58,78)(H,59,79)(H,60,84)(H,61,82)(H,62,81)(H,70,71)(H,72,73)(H,74,75)(H,76,77). The van der Waals surface area contributed by atoms with Crippen molar-refractivity contribution in [2.24, 2.45) is 17.4 Å². The van der Waals surface area contributed by atoms with Crippen LogP contribution in [0.3, 0.4) is 0 Å². The third-order valence-corrected chi connectivity index (χ3v) is 12.5. The van der Waals surface area contributed by atoms with Gasteiger partial charge in [0.25, 0.3) is 0 Å². The number of nitrogen functional groups attached to an aromatic ring is 1. The van der Waals surface area contributed by atoms with Gasteiger partial charge < -0.3 is 106 Å². The number of aliphatic hydroxyl groups excluding tert-OH is 1. The third kappa shape index (κ3) is 24.4. The molecule has 1 aliphatic rings. The number of carboxylic acids is 4. The van der Waals surface area contributed by atoms with Crippen LogP contribution in [0.15, 0.2) is 24.3 Å². The Balaban J connectivity index is 2.86. The summed E-state index contributed by atoms with van der Waals surface area (Å²) < 4.78 is 5.50. The summed E-state index contributed by atoms with van der Waals surface area (Å²) in [6.45, 7) is -1.62. The van der Waals surface area contributed by atoms with Crippen LogP contribution in [0.2, 0.25) is 0 Å². The average Bonchev–Trinajstić information content (AvgIpc) is 2.68. The maximum Gasteiger partial charge on any atom is 0.329 e. The molecule has 87 heavy (non-hydrogen) atoms. The number of amides is 12. The Kier molecular flexibility index (Phi) is 28.7. The monoisotopic (exact) mass is 1240 g/mol. The van der Waals surface area contributed by atoms with Crippen LogP contribution in [-0.4, -0.2) is 231 Å². The lowest BCUT2D eigenvalue weighted by atomic mass is 9.96. The molecule has 478 valence electrons. The maximum atomic E-state index is 14.3. The van der Waals surface area contributed by atoms with Crippen molar-refractivity contribution < 1.29 is 117 Å². The number of hydrogen-bond donors (Lipinski definition) is 18. The highest BCUT2D eigenvalue weighted by molar-refractivity contribution is 6.04. The van der Waals surface area contributed by atoms with Crippen LogP contribution < -0.4 is 70.4 Å². The lowest BCUT2D eigenvalue weighted by Gasteiger charge is -2.29. The van der Waals surface area contributed by atoms with E-state index in [2.05, 4.69) is 10.6 Å². The Morgan fingerprint density at radius 3 is 1.74 bits per heavy atom. The summed E-state index contributed by atoms with van der Waals surface area (Å²) in [6.07, 6.45) is -8.49. The smallest absolute Gasteiger partial charge is 0.329 e. The Labute approximate surface area is 491 Å². The van der Waals surface area contributed by atoms with Gasteiger partial charge in [-0.25, -0.2) is 4.79 Å². The van der Waals surface area contributed by atoms with Gasteiger partial charge in [-0.3, -0.25) is 81.5 Å². The number of likely N-dealkylation sites (N-methyl/N-ethyl adjacent to an activating group) is 1. The lowest BCUT2D eigenvalue weighted by molar-refractivity contribution is -0.156. The Bertz CT molecular complexity index is 2850. The molecule has 11 atom stereocenters. The summed E-state index contributed by atoms with van der Waals surface area (Å²) >= 11 is 0. The molecular formula is C49H68N14O24. The number of carbonyl (C=O) groups excluding carboxylic acids is 14. The van der Waals surface area contributed by atoms with E-state index in [0.717, 1.165) is 27.8 Å². The van der Waals surface area contributed by atoms with Crippen molar-refractivity contribution in [3.8, 4) is 0 Å². The number of ether oxygens (including phenoxy) is 1. The van der Waals surface area contributed by atoms with E-state index in [1.54, 1.807) is 0 Å². The fourth-order valence-corrected chi connectivity index (χ4v) is 7.73. The van der Waals surface area contributed by atoms with Gasteiger partial charge in [0.2, 0.25) is 70.9 Å². The highest BCUT2D eigenvalue weighted by Gasteiger charge is 2.40. The highest BCUT2D eigenvalue weighted by atomic mass is 16.5. The van der Waals surface area contributed by atoms with Gasteiger partial charge in [-0.15, -0.1) is 0 Å². The first-order valence-electron chi connectivity index (χ1n) is 25.9. The molecule has 38 nitrogen and oxygen atoms in total. The summed E-state index contributed by atoms with van der Waals surface area (Å²) in [6, 6.07) is -13.1. The van der Waals surface area contributed by atoms with Crippen LogP contribution >= 0.6 is 0 Å². The Hall–Kier alpha value is -10.4. The highest BCUT2D eigenvalue weighted by Crippen LogP contribution is 2.17. The molecular weight excluding hydrogens is 1170 g/mol. The second-order valence-electron chi connectivity index (χ2n) is 19.4. The zero-order chi connectivity index (χ0) is 66.2. The van der Waals surface area contributed by atoms with Crippen molar-refractivity contribution in [1.29, 1.82) is 0 Å². The molecule has 1 heterocycles. The van der Waals surface area contributed by atoms with E-state index in [-0.39, 0.29) is 11.3 Å². The lowest BCUT2D eigenvalue weighted by Crippen LogP contribution is -2.61. The van der Waals surface area contributed by atoms with Crippen LogP contribution in [0.1, 0.15) is 69.7 Å². The van der Waals surface area contributed by atoms with Crippen molar-refractivity contribution in [2.75, 3.05) is 39.0 Å². The predicted octanol–water partition coefficient (Wildman–Crippen LogP) is -9.89. The van der Waals surface area contributed by atoms with Gasteiger partial charge in [0.1, 0.15) is 54.4 Å². The number of para-hydroxylation sites is 1. The molecule has 1 fully saturated rings. The average molecular weight is 1240 g/mol. The molecule has 0 aliphatic carbocycles. The first kappa shape index (κ1) is 72.7. The third-order valence-electron chi connectivity index (χ3n) is 12.5.